The maximum atomic E-state index is 12.5. The number of amides is 1. The van der Waals surface area contributed by atoms with E-state index in [1.54, 1.807) is 18.2 Å². The molecular formula is C21H19N3O4S. The molecule has 2 aromatic carbocycles. The standard InChI is InChI=1S/C21H19N3O4S/c1-13-16(9-14-5-3-2-4-6-14)20(26)24-21(22-13)29-11-19(25)23-15-7-8-17-18(10-15)28-12-27-17/h2-8,10H,9,11-12H2,1H3,(H,23,25)(H,22,24,26). The number of carbonyl (C=O) groups excluding carboxylic acids is 1. The Balaban J connectivity index is 1.38. The Morgan fingerprint density at radius 3 is 2.76 bits per heavy atom. The summed E-state index contributed by atoms with van der Waals surface area (Å²) in [5.74, 6) is 1.17. The Morgan fingerprint density at radius 1 is 1.17 bits per heavy atom. The third-order valence-corrected chi connectivity index (χ3v) is 5.29. The van der Waals surface area contributed by atoms with Crippen molar-refractivity contribution in [2.45, 2.75) is 18.5 Å². The number of nitrogens with zero attached hydrogens (tertiary/aromatic N) is 1. The molecule has 0 atom stereocenters. The second-order valence-electron chi connectivity index (χ2n) is 6.50. The summed E-state index contributed by atoms with van der Waals surface area (Å²) in [7, 11) is 0. The fraction of sp³-hybridized carbons (Fsp3) is 0.190. The van der Waals surface area contributed by atoms with E-state index in [-0.39, 0.29) is 24.0 Å². The molecule has 0 fully saturated rings. The van der Waals surface area contributed by atoms with Crippen LogP contribution in [0.4, 0.5) is 5.69 Å². The van der Waals surface area contributed by atoms with Crippen molar-refractivity contribution in [1.29, 1.82) is 0 Å². The quantitative estimate of drug-likeness (QED) is 0.480. The Kier molecular flexibility index (Phi) is 5.53. The van der Waals surface area contributed by atoms with E-state index in [0.29, 0.717) is 40.0 Å². The van der Waals surface area contributed by atoms with E-state index < -0.39 is 0 Å². The van der Waals surface area contributed by atoms with Crippen molar-refractivity contribution in [3.05, 3.63) is 75.7 Å². The van der Waals surface area contributed by atoms with Gasteiger partial charge in [-0.1, -0.05) is 42.1 Å². The van der Waals surface area contributed by atoms with Crippen LogP contribution >= 0.6 is 11.8 Å². The van der Waals surface area contributed by atoms with Crippen molar-refractivity contribution >= 4 is 23.4 Å². The van der Waals surface area contributed by atoms with Gasteiger partial charge in [-0.15, -0.1) is 0 Å². The first-order valence-electron chi connectivity index (χ1n) is 9.04. The van der Waals surface area contributed by atoms with Crippen LogP contribution in [0.3, 0.4) is 0 Å². The second kappa shape index (κ2) is 8.40. The molecule has 2 N–H and O–H groups in total. The fourth-order valence-electron chi connectivity index (χ4n) is 2.97. The minimum Gasteiger partial charge on any atom is -0.454 e. The van der Waals surface area contributed by atoms with E-state index in [0.717, 1.165) is 5.56 Å². The number of ether oxygens (including phenoxy) is 2. The smallest absolute Gasteiger partial charge is 0.255 e. The highest BCUT2D eigenvalue weighted by molar-refractivity contribution is 7.99. The molecular weight excluding hydrogens is 390 g/mol. The van der Waals surface area contributed by atoms with E-state index in [9.17, 15) is 9.59 Å². The summed E-state index contributed by atoms with van der Waals surface area (Å²) in [6.45, 7) is 1.99. The van der Waals surface area contributed by atoms with Gasteiger partial charge < -0.3 is 19.8 Å². The topological polar surface area (TPSA) is 93.3 Å². The average Bonchev–Trinajstić information content (AvgIpc) is 3.18. The second-order valence-corrected chi connectivity index (χ2v) is 7.47. The SMILES string of the molecule is Cc1nc(SCC(=O)Nc2ccc3c(c2)OCO3)[nH]c(=O)c1Cc1ccccc1. The number of hydrogen-bond donors (Lipinski definition) is 2. The van der Waals surface area contributed by atoms with Gasteiger partial charge in [-0.3, -0.25) is 9.59 Å². The van der Waals surface area contributed by atoms with E-state index in [4.69, 9.17) is 9.47 Å². The van der Waals surface area contributed by atoms with Crippen molar-refractivity contribution < 1.29 is 14.3 Å². The monoisotopic (exact) mass is 409 g/mol. The molecule has 7 nitrogen and oxygen atoms in total. The summed E-state index contributed by atoms with van der Waals surface area (Å²) in [4.78, 5) is 31.9. The molecule has 0 saturated heterocycles. The number of aryl methyl sites for hydroxylation is 1. The van der Waals surface area contributed by atoms with Crippen LogP contribution in [0.1, 0.15) is 16.8 Å². The molecule has 0 unspecified atom stereocenters. The maximum Gasteiger partial charge on any atom is 0.255 e. The van der Waals surface area contributed by atoms with Crippen LogP contribution in [0.25, 0.3) is 0 Å². The minimum absolute atomic E-state index is 0.120. The van der Waals surface area contributed by atoms with Gasteiger partial charge in [0.05, 0.1) is 5.75 Å². The van der Waals surface area contributed by atoms with Crippen LogP contribution in [0.5, 0.6) is 11.5 Å². The van der Waals surface area contributed by atoms with Crippen molar-refractivity contribution in [1.82, 2.24) is 9.97 Å². The van der Waals surface area contributed by atoms with Crippen molar-refractivity contribution in [2.24, 2.45) is 0 Å². The van der Waals surface area contributed by atoms with Gasteiger partial charge in [-0.05, 0) is 24.6 Å². The van der Waals surface area contributed by atoms with Crippen LogP contribution < -0.4 is 20.3 Å². The van der Waals surface area contributed by atoms with Crippen LogP contribution in [-0.4, -0.2) is 28.4 Å². The van der Waals surface area contributed by atoms with Crippen molar-refractivity contribution in [3.8, 4) is 11.5 Å². The number of fused-ring (bicyclic) bond motifs is 1. The molecule has 0 bridgehead atoms. The number of hydrogen-bond acceptors (Lipinski definition) is 6. The maximum absolute atomic E-state index is 12.5. The van der Waals surface area contributed by atoms with Gasteiger partial charge in [0.15, 0.2) is 16.7 Å². The number of benzene rings is 2. The van der Waals surface area contributed by atoms with Crippen LogP contribution in [0.2, 0.25) is 0 Å². The number of carbonyl (C=O) groups is 1. The molecule has 1 aliphatic rings. The average molecular weight is 409 g/mol. The summed E-state index contributed by atoms with van der Waals surface area (Å²) < 4.78 is 10.6. The van der Waals surface area contributed by atoms with Gasteiger partial charge in [0, 0.05) is 29.4 Å². The molecule has 3 aromatic rings. The largest absolute Gasteiger partial charge is 0.454 e. The lowest BCUT2D eigenvalue weighted by Crippen LogP contribution is -2.19. The summed E-state index contributed by atoms with van der Waals surface area (Å²) >= 11 is 1.18. The number of nitrogens with one attached hydrogen (secondary N) is 2. The molecule has 4 rings (SSSR count). The number of anilines is 1. The molecule has 0 saturated carbocycles. The highest BCUT2D eigenvalue weighted by Crippen LogP contribution is 2.34. The number of H-pyrrole nitrogens is 1. The highest BCUT2D eigenvalue weighted by Gasteiger charge is 2.15. The van der Waals surface area contributed by atoms with E-state index in [1.165, 1.54) is 11.8 Å². The third kappa shape index (κ3) is 4.60. The lowest BCUT2D eigenvalue weighted by Gasteiger charge is -2.08. The lowest BCUT2D eigenvalue weighted by atomic mass is 10.1. The zero-order valence-corrected chi connectivity index (χ0v) is 16.5. The van der Waals surface area contributed by atoms with Crippen LogP contribution in [-0.2, 0) is 11.2 Å². The summed E-state index contributed by atoms with van der Waals surface area (Å²) in [5.41, 5.74) is 2.78. The lowest BCUT2D eigenvalue weighted by molar-refractivity contribution is -0.113. The molecule has 1 amide bonds. The molecule has 0 spiro atoms. The number of aromatic amines is 1. The minimum atomic E-state index is -0.206. The summed E-state index contributed by atoms with van der Waals surface area (Å²) in [6.07, 6.45) is 0.518. The first kappa shape index (κ1) is 19.1. The van der Waals surface area contributed by atoms with Gasteiger partial charge in [0.1, 0.15) is 0 Å². The van der Waals surface area contributed by atoms with Crippen LogP contribution in [0, 0.1) is 6.92 Å². The van der Waals surface area contributed by atoms with E-state index in [1.807, 2.05) is 37.3 Å². The number of thioether (sulfide) groups is 1. The first-order chi connectivity index (χ1) is 14.1. The normalized spacial score (nSPS) is 12.0. The first-order valence-corrected chi connectivity index (χ1v) is 10.0. The fourth-order valence-corrected chi connectivity index (χ4v) is 3.67. The predicted octanol–water partition coefficient (Wildman–Crippen LogP) is 3.13. The van der Waals surface area contributed by atoms with Gasteiger partial charge in [0.25, 0.3) is 5.56 Å². The van der Waals surface area contributed by atoms with Gasteiger partial charge in [-0.25, -0.2) is 4.98 Å². The predicted molar refractivity (Wildman–Crippen MR) is 111 cm³/mol. The third-order valence-electron chi connectivity index (χ3n) is 4.42. The molecule has 148 valence electrons. The van der Waals surface area contributed by atoms with Gasteiger partial charge >= 0.3 is 0 Å². The number of aromatic nitrogens is 2. The molecule has 1 aromatic heterocycles. The Morgan fingerprint density at radius 2 is 1.97 bits per heavy atom. The Hall–Kier alpha value is -3.26. The molecule has 29 heavy (non-hydrogen) atoms. The zero-order chi connectivity index (χ0) is 20.2. The van der Waals surface area contributed by atoms with Crippen molar-refractivity contribution in [2.75, 3.05) is 17.9 Å². The Bertz CT molecular complexity index is 1100. The van der Waals surface area contributed by atoms with E-state index >= 15 is 0 Å². The zero-order valence-electron chi connectivity index (χ0n) is 15.7. The van der Waals surface area contributed by atoms with Crippen molar-refractivity contribution in [3.63, 3.8) is 0 Å². The molecule has 0 aliphatic carbocycles. The van der Waals surface area contributed by atoms with Gasteiger partial charge in [-0.2, -0.15) is 0 Å². The summed E-state index contributed by atoms with van der Waals surface area (Å²) in [5, 5.41) is 3.22. The molecule has 2 heterocycles. The highest BCUT2D eigenvalue weighted by atomic mass is 32.2. The Labute approximate surface area is 171 Å². The molecule has 8 heteroatoms. The summed E-state index contributed by atoms with van der Waals surface area (Å²) in [6, 6.07) is 15.0. The number of rotatable bonds is 6. The van der Waals surface area contributed by atoms with Crippen LogP contribution in [0.15, 0.2) is 58.5 Å². The molecule has 0 radical (unpaired) electrons. The van der Waals surface area contributed by atoms with Gasteiger partial charge in [0.2, 0.25) is 12.7 Å². The van der Waals surface area contributed by atoms with E-state index in [2.05, 4.69) is 15.3 Å². The molecule has 1 aliphatic heterocycles.